The van der Waals surface area contributed by atoms with Crippen LogP contribution in [0.3, 0.4) is 0 Å². The maximum Gasteiger partial charge on any atom is 0.312 e. The highest BCUT2D eigenvalue weighted by atomic mass is 16.6. The van der Waals surface area contributed by atoms with E-state index in [9.17, 15) is 14.9 Å². The zero-order valence-corrected chi connectivity index (χ0v) is 11.5. The molecule has 2 rings (SSSR count). The van der Waals surface area contributed by atoms with Gasteiger partial charge in [-0.2, -0.15) is 5.10 Å². The number of hydrogen-bond acceptors (Lipinski definition) is 4. The van der Waals surface area contributed by atoms with Crippen LogP contribution in [0.5, 0.6) is 0 Å². The minimum absolute atomic E-state index is 0.0299. The Bertz CT molecular complexity index is 662. The summed E-state index contributed by atoms with van der Waals surface area (Å²) >= 11 is 0. The van der Waals surface area contributed by atoms with Gasteiger partial charge in [-0.25, -0.2) is 0 Å². The quantitative estimate of drug-likeness (QED) is 0.487. The van der Waals surface area contributed by atoms with Gasteiger partial charge in [-0.05, 0) is 20.8 Å². The number of Topliss-reactive ketones (excluding diaryl/α,β-unsaturated/α-hetero) is 1. The number of hydrogen-bond donors (Lipinski definition) is 0. The lowest BCUT2D eigenvalue weighted by molar-refractivity contribution is -0.386. The molecule has 1 unspecified atom stereocenters. The lowest BCUT2D eigenvalue weighted by Gasteiger charge is -2.12. The SMILES string of the molecule is Cc1nn(C(C)C(=O)c2ccccc2)c(C)c1[N+](=O)[O-]. The summed E-state index contributed by atoms with van der Waals surface area (Å²) in [5.74, 6) is -0.119. The summed E-state index contributed by atoms with van der Waals surface area (Å²) in [6.45, 7) is 4.87. The molecule has 20 heavy (non-hydrogen) atoms. The number of benzene rings is 1. The summed E-state index contributed by atoms with van der Waals surface area (Å²) in [6.07, 6.45) is 0. The van der Waals surface area contributed by atoms with Gasteiger partial charge in [-0.1, -0.05) is 30.3 Å². The Morgan fingerprint density at radius 3 is 2.40 bits per heavy atom. The third-order valence-corrected chi connectivity index (χ3v) is 3.27. The molecule has 0 saturated heterocycles. The number of nitrogens with zero attached hydrogens (tertiary/aromatic N) is 3. The molecule has 1 atom stereocenters. The Morgan fingerprint density at radius 1 is 1.30 bits per heavy atom. The molecule has 0 saturated carbocycles. The summed E-state index contributed by atoms with van der Waals surface area (Å²) < 4.78 is 1.42. The maximum absolute atomic E-state index is 12.4. The summed E-state index contributed by atoms with van der Waals surface area (Å²) in [4.78, 5) is 22.9. The second kappa shape index (κ2) is 5.24. The van der Waals surface area contributed by atoms with Gasteiger partial charge >= 0.3 is 5.69 Å². The fraction of sp³-hybridized carbons (Fsp3) is 0.286. The highest BCUT2D eigenvalue weighted by molar-refractivity contribution is 5.98. The second-order valence-electron chi connectivity index (χ2n) is 4.63. The van der Waals surface area contributed by atoms with E-state index in [1.54, 1.807) is 45.0 Å². The molecule has 2 aromatic rings. The van der Waals surface area contributed by atoms with Crippen LogP contribution in [0.15, 0.2) is 30.3 Å². The Balaban J connectivity index is 2.40. The van der Waals surface area contributed by atoms with E-state index in [2.05, 4.69) is 5.10 Å². The molecular formula is C14H15N3O3. The number of rotatable bonds is 4. The number of aromatic nitrogens is 2. The third kappa shape index (κ3) is 2.32. The molecule has 0 fully saturated rings. The number of nitro groups is 1. The van der Waals surface area contributed by atoms with Crippen molar-refractivity contribution in [2.24, 2.45) is 0 Å². The monoisotopic (exact) mass is 273 g/mol. The van der Waals surface area contributed by atoms with Gasteiger partial charge in [-0.15, -0.1) is 0 Å². The van der Waals surface area contributed by atoms with Crippen molar-refractivity contribution < 1.29 is 9.72 Å². The largest absolute Gasteiger partial charge is 0.312 e. The molecule has 1 aromatic carbocycles. The lowest BCUT2D eigenvalue weighted by Crippen LogP contribution is -2.19. The molecule has 1 heterocycles. The number of aryl methyl sites for hydroxylation is 1. The van der Waals surface area contributed by atoms with Crippen molar-refractivity contribution in [2.75, 3.05) is 0 Å². The molecule has 0 aliphatic heterocycles. The van der Waals surface area contributed by atoms with Crippen LogP contribution in [0.1, 0.15) is 34.7 Å². The van der Waals surface area contributed by atoms with E-state index in [1.165, 1.54) is 4.68 Å². The Hall–Kier alpha value is -2.50. The average Bonchev–Trinajstić information content (AvgIpc) is 2.73. The standard InChI is InChI=1S/C14H15N3O3/c1-9-13(17(19)20)10(2)16(15-9)11(3)14(18)12-7-5-4-6-8-12/h4-8,11H,1-3H3. The minimum atomic E-state index is -0.579. The van der Waals surface area contributed by atoms with Crippen molar-refractivity contribution in [3.8, 4) is 0 Å². The molecule has 0 spiro atoms. The van der Waals surface area contributed by atoms with Crippen LogP contribution in [0, 0.1) is 24.0 Å². The summed E-state index contributed by atoms with van der Waals surface area (Å²) in [5.41, 5.74) is 1.25. The van der Waals surface area contributed by atoms with Gasteiger partial charge in [0.15, 0.2) is 5.78 Å². The number of carbonyl (C=O) groups is 1. The number of ketones is 1. The van der Waals surface area contributed by atoms with E-state index >= 15 is 0 Å². The summed E-state index contributed by atoms with van der Waals surface area (Å²) in [7, 11) is 0. The van der Waals surface area contributed by atoms with Gasteiger partial charge in [0.05, 0.1) is 4.92 Å². The highest BCUT2D eigenvalue weighted by Crippen LogP contribution is 2.25. The Kier molecular flexibility index (Phi) is 3.65. The van der Waals surface area contributed by atoms with Crippen molar-refractivity contribution in [1.82, 2.24) is 9.78 Å². The maximum atomic E-state index is 12.4. The fourth-order valence-corrected chi connectivity index (χ4v) is 2.25. The predicted molar refractivity (Wildman–Crippen MR) is 73.8 cm³/mol. The first-order valence-corrected chi connectivity index (χ1v) is 6.23. The van der Waals surface area contributed by atoms with Crippen LogP contribution < -0.4 is 0 Å². The van der Waals surface area contributed by atoms with Crippen LogP contribution in [-0.4, -0.2) is 20.5 Å². The first-order chi connectivity index (χ1) is 9.43. The Morgan fingerprint density at radius 2 is 1.90 bits per heavy atom. The lowest BCUT2D eigenvalue weighted by atomic mass is 10.1. The summed E-state index contributed by atoms with van der Waals surface area (Å²) in [6, 6.07) is 8.26. The van der Waals surface area contributed by atoms with Crippen LogP contribution in [0.4, 0.5) is 5.69 Å². The number of carbonyl (C=O) groups excluding carboxylic acids is 1. The first kappa shape index (κ1) is 13.9. The van der Waals surface area contributed by atoms with Gasteiger partial charge in [0.1, 0.15) is 17.4 Å². The fourth-order valence-electron chi connectivity index (χ4n) is 2.25. The summed E-state index contributed by atoms with van der Waals surface area (Å²) in [5, 5.41) is 15.1. The van der Waals surface area contributed by atoms with Gasteiger partial charge < -0.3 is 0 Å². The van der Waals surface area contributed by atoms with Crippen molar-refractivity contribution >= 4 is 11.5 Å². The predicted octanol–water partition coefficient (Wildman–Crippen LogP) is 2.85. The van der Waals surface area contributed by atoms with E-state index in [1.807, 2.05) is 6.07 Å². The molecule has 0 N–H and O–H groups in total. The van der Waals surface area contributed by atoms with Crippen molar-refractivity contribution in [2.45, 2.75) is 26.8 Å². The molecular weight excluding hydrogens is 258 g/mol. The Labute approximate surface area is 116 Å². The van der Waals surface area contributed by atoms with E-state index in [4.69, 9.17) is 0 Å². The van der Waals surface area contributed by atoms with Gasteiger partial charge in [0.2, 0.25) is 0 Å². The third-order valence-electron chi connectivity index (χ3n) is 3.27. The molecule has 6 heteroatoms. The second-order valence-corrected chi connectivity index (χ2v) is 4.63. The minimum Gasteiger partial charge on any atom is -0.292 e. The average molecular weight is 273 g/mol. The van der Waals surface area contributed by atoms with E-state index in [-0.39, 0.29) is 11.5 Å². The molecule has 1 aromatic heterocycles. The van der Waals surface area contributed by atoms with Crippen molar-refractivity contribution in [3.05, 3.63) is 57.4 Å². The molecule has 0 aliphatic carbocycles. The zero-order valence-electron chi connectivity index (χ0n) is 11.5. The molecule has 0 bridgehead atoms. The topological polar surface area (TPSA) is 78.0 Å². The molecule has 0 aliphatic rings. The van der Waals surface area contributed by atoms with Gasteiger partial charge in [0, 0.05) is 5.56 Å². The van der Waals surface area contributed by atoms with Crippen LogP contribution in [0.25, 0.3) is 0 Å². The van der Waals surface area contributed by atoms with E-state index in [0.717, 1.165) is 0 Å². The van der Waals surface area contributed by atoms with Crippen LogP contribution in [-0.2, 0) is 0 Å². The first-order valence-electron chi connectivity index (χ1n) is 6.23. The molecule has 104 valence electrons. The smallest absolute Gasteiger partial charge is 0.292 e. The molecule has 6 nitrogen and oxygen atoms in total. The van der Waals surface area contributed by atoms with Crippen LogP contribution >= 0.6 is 0 Å². The van der Waals surface area contributed by atoms with E-state index in [0.29, 0.717) is 17.0 Å². The van der Waals surface area contributed by atoms with Gasteiger partial charge in [-0.3, -0.25) is 19.6 Å². The zero-order chi connectivity index (χ0) is 14.9. The van der Waals surface area contributed by atoms with Gasteiger partial charge in [0.25, 0.3) is 0 Å². The van der Waals surface area contributed by atoms with Crippen LogP contribution in [0.2, 0.25) is 0 Å². The van der Waals surface area contributed by atoms with Crippen molar-refractivity contribution in [3.63, 3.8) is 0 Å². The normalized spacial score (nSPS) is 12.2. The highest BCUT2D eigenvalue weighted by Gasteiger charge is 2.27. The van der Waals surface area contributed by atoms with Crippen molar-refractivity contribution in [1.29, 1.82) is 0 Å². The molecule has 0 amide bonds. The molecule has 0 radical (unpaired) electrons. The van der Waals surface area contributed by atoms with E-state index < -0.39 is 11.0 Å².